The van der Waals surface area contributed by atoms with Crippen LogP contribution in [-0.4, -0.2) is 21.9 Å². The first-order chi connectivity index (χ1) is 12.5. The van der Waals surface area contributed by atoms with Crippen molar-refractivity contribution in [3.05, 3.63) is 29.3 Å². The quantitative estimate of drug-likeness (QED) is 0.441. The van der Waals surface area contributed by atoms with Crippen LogP contribution in [0.25, 0.3) is 10.9 Å². The van der Waals surface area contributed by atoms with Crippen molar-refractivity contribution in [1.82, 2.24) is 4.98 Å². The van der Waals surface area contributed by atoms with Crippen LogP contribution in [0.5, 0.6) is 5.88 Å². The van der Waals surface area contributed by atoms with Gasteiger partial charge in [0.2, 0.25) is 17.7 Å². The zero-order valence-corrected chi connectivity index (χ0v) is 14.9. The molecule has 1 aliphatic rings. The topological polar surface area (TPSA) is 123 Å². The molecule has 1 aromatic carbocycles. The number of hydrogen-bond donors (Lipinski definition) is 3. The van der Waals surface area contributed by atoms with Gasteiger partial charge >= 0.3 is 0 Å². The van der Waals surface area contributed by atoms with Gasteiger partial charge in [-0.15, -0.1) is 0 Å². The van der Waals surface area contributed by atoms with Crippen molar-refractivity contribution in [1.29, 1.82) is 0 Å². The van der Waals surface area contributed by atoms with Gasteiger partial charge in [0.05, 0.1) is 16.8 Å². The molecule has 2 aromatic rings. The average Bonchev–Trinajstić information content (AvgIpc) is 2.65. The summed E-state index contributed by atoms with van der Waals surface area (Å²) < 4.78 is 0. The molecule has 1 aliphatic carbocycles. The molecule has 1 fully saturated rings. The van der Waals surface area contributed by atoms with Gasteiger partial charge in [-0.25, -0.2) is 15.8 Å². The third kappa shape index (κ3) is 3.10. The van der Waals surface area contributed by atoms with Crippen LogP contribution in [0.15, 0.2) is 18.2 Å². The van der Waals surface area contributed by atoms with Crippen molar-refractivity contribution < 1.29 is 14.7 Å². The molecular weight excluding hydrogens is 332 g/mol. The van der Waals surface area contributed by atoms with E-state index in [0.717, 1.165) is 37.1 Å². The summed E-state index contributed by atoms with van der Waals surface area (Å²) in [6.45, 7) is 1.71. The predicted octanol–water partition coefficient (Wildman–Crippen LogP) is 2.70. The Hall–Kier alpha value is -2.67. The average molecular weight is 356 g/mol. The highest BCUT2D eigenvalue weighted by Crippen LogP contribution is 2.42. The minimum Gasteiger partial charge on any atom is -0.493 e. The van der Waals surface area contributed by atoms with E-state index >= 15 is 0 Å². The van der Waals surface area contributed by atoms with Crippen molar-refractivity contribution in [2.24, 2.45) is 11.6 Å². The van der Waals surface area contributed by atoms with E-state index in [9.17, 15) is 14.7 Å². The lowest BCUT2D eigenvalue weighted by molar-refractivity contribution is -0.118. The van der Waals surface area contributed by atoms with Gasteiger partial charge in [-0.05, 0) is 30.9 Å². The molecule has 0 radical (unpaired) electrons. The molecule has 26 heavy (non-hydrogen) atoms. The first-order valence-electron chi connectivity index (χ1n) is 8.98. The minimum absolute atomic E-state index is 0.0179. The molecule has 3 rings (SSSR count). The lowest BCUT2D eigenvalue weighted by atomic mass is 9.81. The second kappa shape index (κ2) is 7.29. The number of hydrazine groups is 1. The van der Waals surface area contributed by atoms with Gasteiger partial charge in [0.15, 0.2) is 0 Å². The van der Waals surface area contributed by atoms with E-state index in [1.807, 2.05) is 0 Å². The third-order valence-electron chi connectivity index (χ3n) is 5.10. The van der Waals surface area contributed by atoms with Gasteiger partial charge in [0.25, 0.3) is 0 Å². The van der Waals surface area contributed by atoms with Crippen molar-refractivity contribution in [2.45, 2.75) is 51.4 Å². The summed E-state index contributed by atoms with van der Waals surface area (Å²) in [5.74, 6) is 4.90. The highest BCUT2D eigenvalue weighted by molar-refractivity contribution is 6.14. The molecule has 138 valence electrons. The SMILES string of the molecule is CCC(=O)N(N)c1cccc2nc(O)c(C3CCCCC3)c(C(N)=O)c12. The number of nitrogens with two attached hydrogens (primary N) is 2. The molecule has 1 saturated carbocycles. The minimum atomic E-state index is -0.655. The fourth-order valence-electron chi connectivity index (χ4n) is 3.84. The summed E-state index contributed by atoms with van der Waals surface area (Å²) >= 11 is 0. The fourth-order valence-corrected chi connectivity index (χ4v) is 3.84. The van der Waals surface area contributed by atoms with Crippen LogP contribution in [0.3, 0.4) is 0 Å². The van der Waals surface area contributed by atoms with E-state index < -0.39 is 5.91 Å². The van der Waals surface area contributed by atoms with Gasteiger partial charge in [-0.1, -0.05) is 32.3 Å². The molecule has 0 aliphatic heterocycles. The Balaban J connectivity index is 2.32. The Morgan fingerprint density at radius 3 is 2.58 bits per heavy atom. The first-order valence-corrected chi connectivity index (χ1v) is 8.98. The summed E-state index contributed by atoms with van der Waals surface area (Å²) in [6.07, 6.45) is 5.14. The lowest BCUT2D eigenvalue weighted by Gasteiger charge is -2.26. The summed E-state index contributed by atoms with van der Waals surface area (Å²) in [6, 6.07) is 5.00. The lowest BCUT2D eigenvalue weighted by Crippen LogP contribution is -2.37. The maximum atomic E-state index is 12.4. The van der Waals surface area contributed by atoms with Crippen molar-refractivity contribution >= 4 is 28.4 Å². The maximum Gasteiger partial charge on any atom is 0.249 e. The number of hydrogen-bond acceptors (Lipinski definition) is 5. The van der Waals surface area contributed by atoms with Crippen LogP contribution in [0.1, 0.15) is 67.3 Å². The van der Waals surface area contributed by atoms with Gasteiger partial charge in [0.1, 0.15) is 0 Å². The summed E-state index contributed by atoms with van der Waals surface area (Å²) in [5.41, 5.74) is 7.16. The van der Waals surface area contributed by atoms with Crippen LogP contribution in [0.4, 0.5) is 5.69 Å². The Morgan fingerprint density at radius 2 is 1.96 bits per heavy atom. The number of carbonyl (C=O) groups excluding carboxylic acids is 2. The third-order valence-corrected chi connectivity index (χ3v) is 5.10. The molecule has 7 nitrogen and oxygen atoms in total. The van der Waals surface area contributed by atoms with E-state index in [0.29, 0.717) is 22.2 Å². The Kier molecular flexibility index (Phi) is 5.08. The van der Waals surface area contributed by atoms with Crippen LogP contribution < -0.4 is 16.6 Å². The highest BCUT2D eigenvalue weighted by atomic mass is 16.3. The number of nitrogens with zero attached hydrogens (tertiary/aromatic N) is 2. The van der Waals surface area contributed by atoms with Crippen LogP contribution in [-0.2, 0) is 4.79 Å². The van der Waals surface area contributed by atoms with Gasteiger partial charge in [-0.3, -0.25) is 9.59 Å². The zero-order valence-electron chi connectivity index (χ0n) is 14.9. The van der Waals surface area contributed by atoms with Crippen LogP contribution in [0, 0.1) is 0 Å². The standard InChI is InChI=1S/C19H24N4O3/c1-2-14(24)23(21)13-10-6-9-12-16(13)17(18(20)25)15(19(26)22-12)11-7-4-3-5-8-11/h6,9-11H,2-5,7-8,21H2,1H3,(H2,20,25)(H,22,26). The Bertz CT molecular complexity index is 859. The molecule has 5 N–H and O–H groups in total. The highest BCUT2D eigenvalue weighted by Gasteiger charge is 2.29. The van der Waals surface area contributed by atoms with E-state index in [2.05, 4.69) is 4.98 Å². The fraction of sp³-hybridized carbons (Fsp3) is 0.421. The van der Waals surface area contributed by atoms with Crippen molar-refractivity contribution in [3.63, 3.8) is 0 Å². The zero-order chi connectivity index (χ0) is 18.8. The molecule has 0 atom stereocenters. The predicted molar refractivity (Wildman–Crippen MR) is 99.7 cm³/mol. The number of rotatable bonds is 4. The van der Waals surface area contributed by atoms with Crippen molar-refractivity contribution in [2.75, 3.05) is 5.01 Å². The molecule has 2 amide bonds. The molecule has 1 heterocycles. The number of benzene rings is 1. The molecule has 0 bridgehead atoms. The number of aromatic hydroxyl groups is 1. The Labute approximate surface area is 152 Å². The van der Waals surface area contributed by atoms with Crippen LogP contribution >= 0.6 is 0 Å². The number of aromatic nitrogens is 1. The molecule has 0 unspecified atom stereocenters. The smallest absolute Gasteiger partial charge is 0.249 e. The second-order valence-electron chi connectivity index (χ2n) is 6.71. The van der Waals surface area contributed by atoms with Gasteiger partial charge < -0.3 is 10.8 Å². The monoisotopic (exact) mass is 356 g/mol. The van der Waals surface area contributed by atoms with Gasteiger partial charge in [0, 0.05) is 17.4 Å². The first kappa shape index (κ1) is 18.1. The molecule has 0 saturated heterocycles. The molecule has 7 heteroatoms. The van der Waals surface area contributed by atoms with Gasteiger partial charge in [-0.2, -0.15) is 0 Å². The van der Waals surface area contributed by atoms with Crippen molar-refractivity contribution in [3.8, 4) is 5.88 Å². The number of pyridine rings is 1. The van der Waals surface area contributed by atoms with E-state index in [1.54, 1.807) is 25.1 Å². The Morgan fingerprint density at radius 1 is 1.27 bits per heavy atom. The number of primary amides is 1. The largest absolute Gasteiger partial charge is 0.493 e. The number of fused-ring (bicyclic) bond motifs is 1. The normalized spacial score (nSPS) is 15.2. The molecule has 1 aromatic heterocycles. The number of amides is 2. The number of anilines is 1. The van der Waals surface area contributed by atoms with Crippen LogP contribution in [0.2, 0.25) is 0 Å². The number of carbonyl (C=O) groups is 2. The maximum absolute atomic E-state index is 12.4. The summed E-state index contributed by atoms with van der Waals surface area (Å²) in [5, 5.41) is 12.0. The molecule has 0 spiro atoms. The van der Waals surface area contributed by atoms with E-state index in [1.165, 1.54) is 0 Å². The summed E-state index contributed by atoms with van der Waals surface area (Å²) in [4.78, 5) is 28.8. The van der Waals surface area contributed by atoms with E-state index in [4.69, 9.17) is 11.6 Å². The second-order valence-corrected chi connectivity index (χ2v) is 6.71. The molecular formula is C19H24N4O3. The van der Waals surface area contributed by atoms with E-state index in [-0.39, 0.29) is 29.7 Å². The summed E-state index contributed by atoms with van der Waals surface area (Å²) in [7, 11) is 0.